The lowest BCUT2D eigenvalue weighted by atomic mass is 9.75. The lowest BCUT2D eigenvalue weighted by Gasteiger charge is -2.28. The fourth-order valence-corrected chi connectivity index (χ4v) is 16.0. The number of ether oxygens (including phenoxy) is 3. The van der Waals surface area contributed by atoms with E-state index in [1.54, 1.807) is 0 Å². The summed E-state index contributed by atoms with van der Waals surface area (Å²) in [6.45, 7) is 51.4. The van der Waals surface area contributed by atoms with Gasteiger partial charge in [0, 0.05) is 105 Å². The van der Waals surface area contributed by atoms with Gasteiger partial charge in [-0.15, -0.1) is 0 Å². The van der Waals surface area contributed by atoms with Crippen LogP contribution in [0, 0.1) is 106 Å². The molecule has 8 rings (SSSR count). The molecule has 1 unspecified atom stereocenters. The molecule has 1 saturated heterocycles. The van der Waals surface area contributed by atoms with Crippen molar-refractivity contribution in [3.05, 3.63) is 0 Å². The van der Waals surface area contributed by atoms with Crippen LogP contribution in [-0.2, 0) is 38.2 Å². The Bertz CT molecular complexity index is 2280. The highest BCUT2D eigenvalue weighted by Crippen LogP contribution is 2.36. The van der Waals surface area contributed by atoms with E-state index in [0.717, 1.165) is 152 Å². The molecular formula is C89H179N11O8. The Morgan fingerprint density at radius 2 is 0.778 bits per heavy atom. The summed E-state index contributed by atoms with van der Waals surface area (Å²) in [5, 5.41) is 12.3. The highest BCUT2D eigenvalue weighted by molar-refractivity contribution is 5.84. The lowest BCUT2D eigenvalue weighted by Crippen LogP contribution is -2.41. The fourth-order valence-electron chi connectivity index (χ4n) is 16.0. The number of rotatable bonds is 32. The molecule has 19 heteroatoms. The molecule has 1 aliphatic heterocycles. The molecule has 0 aromatic carbocycles. The van der Waals surface area contributed by atoms with Gasteiger partial charge in [0.05, 0.1) is 24.4 Å². The van der Waals surface area contributed by atoms with Crippen LogP contribution in [-0.4, -0.2) is 143 Å². The maximum absolute atomic E-state index is 12.1. The maximum Gasteiger partial charge on any atom is 0.222 e. The molecule has 7 saturated carbocycles. The molecule has 3 amide bonds. The molecule has 1 heterocycles. The van der Waals surface area contributed by atoms with E-state index >= 15 is 0 Å². The Morgan fingerprint density at radius 3 is 1.08 bits per heavy atom. The summed E-state index contributed by atoms with van der Waals surface area (Å²) < 4.78 is 16.9. The number of hydrogen-bond donors (Lipinski definition) is 11. The van der Waals surface area contributed by atoms with Crippen molar-refractivity contribution in [1.82, 2.24) is 21.3 Å². The van der Waals surface area contributed by atoms with Crippen LogP contribution in [0.4, 0.5) is 0 Å². The van der Waals surface area contributed by atoms with Crippen LogP contribution in [0.1, 0.15) is 319 Å². The van der Waals surface area contributed by atoms with Crippen molar-refractivity contribution in [1.29, 1.82) is 0 Å². The highest BCUT2D eigenvalue weighted by atomic mass is 16.5. The molecule has 0 bridgehead atoms. The normalized spacial score (nSPS) is 28.0. The third kappa shape index (κ3) is 46.6. The predicted molar refractivity (Wildman–Crippen MR) is 454 cm³/mol. The van der Waals surface area contributed by atoms with Crippen molar-refractivity contribution in [2.45, 2.75) is 367 Å². The van der Waals surface area contributed by atoms with E-state index in [-0.39, 0.29) is 52.3 Å². The summed E-state index contributed by atoms with van der Waals surface area (Å²) in [6.07, 6.45) is 33.8. The van der Waals surface area contributed by atoms with Gasteiger partial charge in [-0.05, 0) is 313 Å². The Balaban J connectivity index is 0.000000619. The highest BCUT2D eigenvalue weighted by Gasteiger charge is 2.35. The van der Waals surface area contributed by atoms with Gasteiger partial charge in [0.15, 0.2) is 0 Å². The van der Waals surface area contributed by atoms with E-state index in [0.29, 0.717) is 102 Å². The summed E-state index contributed by atoms with van der Waals surface area (Å²) in [5.41, 5.74) is 39.9. The van der Waals surface area contributed by atoms with Crippen LogP contribution in [0.25, 0.3) is 0 Å². The first-order chi connectivity index (χ1) is 50.7. The summed E-state index contributed by atoms with van der Waals surface area (Å²) in [5.74, 6) is 10.8. The van der Waals surface area contributed by atoms with Crippen molar-refractivity contribution in [3.63, 3.8) is 0 Å². The molecule has 19 nitrogen and oxygen atoms in total. The number of nitrogens with two attached hydrogens (primary N) is 7. The number of Topliss-reactive ketones (excluding diaryl/α,β-unsaturated/α-hetero) is 2. The van der Waals surface area contributed by atoms with E-state index in [4.69, 9.17) is 54.3 Å². The predicted octanol–water partition coefficient (Wildman–Crippen LogP) is 14.6. The Hall–Kier alpha value is -2.69. The van der Waals surface area contributed by atoms with Crippen LogP contribution in [0.3, 0.4) is 0 Å². The molecule has 8 fully saturated rings. The third-order valence-electron chi connectivity index (χ3n) is 24.8. The first-order valence-electron chi connectivity index (χ1n) is 44.3. The van der Waals surface area contributed by atoms with Gasteiger partial charge in [0.25, 0.3) is 0 Å². The molecule has 0 spiro atoms. The second-order valence-electron chi connectivity index (χ2n) is 38.2. The van der Waals surface area contributed by atoms with Crippen molar-refractivity contribution >= 4 is 29.3 Å². The van der Waals surface area contributed by atoms with Gasteiger partial charge in [0.2, 0.25) is 17.7 Å². The Morgan fingerprint density at radius 1 is 0.417 bits per heavy atom. The van der Waals surface area contributed by atoms with E-state index < -0.39 is 0 Å². The van der Waals surface area contributed by atoms with Crippen LogP contribution >= 0.6 is 0 Å². The average Bonchev–Trinajstić information content (AvgIpc) is 1.08. The van der Waals surface area contributed by atoms with Gasteiger partial charge < -0.3 is 75.6 Å². The minimum atomic E-state index is -0.166. The molecule has 638 valence electrons. The van der Waals surface area contributed by atoms with Crippen LogP contribution in [0.5, 0.6) is 0 Å². The Kier molecular flexibility index (Phi) is 54.1. The molecular weight excluding hydrogens is 1350 g/mol. The van der Waals surface area contributed by atoms with E-state index in [2.05, 4.69) is 111 Å². The van der Waals surface area contributed by atoms with Gasteiger partial charge in [-0.1, -0.05) is 96.4 Å². The lowest BCUT2D eigenvalue weighted by molar-refractivity contribution is -0.129. The summed E-state index contributed by atoms with van der Waals surface area (Å²) >= 11 is 0. The van der Waals surface area contributed by atoms with Crippen molar-refractivity contribution in [2.75, 3.05) is 65.6 Å². The van der Waals surface area contributed by atoms with Gasteiger partial charge in [-0.3, -0.25) is 24.0 Å². The van der Waals surface area contributed by atoms with Crippen molar-refractivity contribution in [2.24, 2.45) is 146 Å². The molecule has 0 radical (unpaired) electrons. The zero-order valence-corrected chi connectivity index (χ0v) is 73.8. The fraction of sp³-hybridized carbons (Fsp3) is 0.944. The number of hydrogen-bond acceptors (Lipinski definition) is 16. The molecule has 0 aromatic rings. The van der Waals surface area contributed by atoms with Gasteiger partial charge in [-0.2, -0.15) is 0 Å². The van der Waals surface area contributed by atoms with Gasteiger partial charge in [-0.25, -0.2) is 0 Å². The molecule has 108 heavy (non-hydrogen) atoms. The zero-order valence-electron chi connectivity index (χ0n) is 73.8. The number of nitrogens with one attached hydrogen (secondary N) is 4. The number of carbonyl (C=O) groups excluding carboxylic acids is 5. The smallest absolute Gasteiger partial charge is 0.222 e. The van der Waals surface area contributed by atoms with Gasteiger partial charge >= 0.3 is 0 Å². The first-order valence-corrected chi connectivity index (χ1v) is 44.3. The van der Waals surface area contributed by atoms with Crippen LogP contribution < -0.4 is 61.4 Å². The molecule has 0 aromatic heterocycles. The van der Waals surface area contributed by atoms with Gasteiger partial charge in [0.1, 0.15) is 11.6 Å². The number of amides is 3. The van der Waals surface area contributed by atoms with Crippen LogP contribution in [0.2, 0.25) is 0 Å². The summed E-state index contributed by atoms with van der Waals surface area (Å²) in [7, 11) is 0. The van der Waals surface area contributed by atoms with Crippen molar-refractivity contribution in [3.8, 4) is 0 Å². The summed E-state index contributed by atoms with van der Waals surface area (Å²) in [6, 6.07) is 1.16. The average molecular weight is 1530 g/mol. The minimum Gasteiger partial charge on any atom is -0.379 e. The first kappa shape index (κ1) is 103. The van der Waals surface area contributed by atoms with E-state index in [1.807, 2.05) is 55.4 Å². The molecule has 7 aliphatic carbocycles. The third-order valence-corrected chi connectivity index (χ3v) is 24.8. The largest absolute Gasteiger partial charge is 0.379 e. The molecule has 8 aliphatic rings. The monoisotopic (exact) mass is 1530 g/mol. The minimum absolute atomic E-state index is 0.0585. The quantitative estimate of drug-likeness (QED) is 0.0298. The number of carbonyl (C=O) groups is 5. The standard InChI is InChI=1S/C14H27NO.C12H25N3O.2C11H22N2O.C11H21NO.2C10H21NO.C10H20O/c1-10(2)14(3,4)13(16)8-6-11-5-7-12(15)9-11;1-8(2)11(16)15-7-10-5-9(6-14-10)12(3,4)13;2*1-8(2)11(14)13-7-10-4-3-9(5-10)6-12;1-8(2)11(13)6-4-9-3-5-10(12)7-9;2*1-8(2)12-7-10-4-3-9(5-10)6-11;1-4-9-5-6-10(7-9)11-8(2)3/h10-12H,5-9,15H2,1-4H3;8-10,14H,5-7,13H2,1-4H3,(H,15,16);2*8-10H,3-7,12H2,1-2H3,(H,13,14);8-10H,3-7,12H2,1-2H3;2*8-10H,3-7,11H2,1-2H3;8-10H,4-7H2,1-3H3/t11-,12-;9?,10-;9-,10+;2*9-,10-;9-,10+;9-,10-;9-,10+/m10101100/s1. The van der Waals surface area contributed by atoms with E-state index in [9.17, 15) is 24.0 Å². The molecule has 16 atom stereocenters. The maximum atomic E-state index is 12.1. The number of ketones is 2. The van der Waals surface area contributed by atoms with Crippen LogP contribution in [0.15, 0.2) is 0 Å². The topological polar surface area (TPSA) is 343 Å². The second kappa shape index (κ2) is 56.6. The summed E-state index contributed by atoms with van der Waals surface area (Å²) in [4.78, 5) is 57.5. The molecule has 18 N–H and O–H groups in total. The van der Waals surface area contributed by atoms with E-state index in [1.165, 1.54) is 116 Å². The Labute approximate surface area is 664 Å². The second-order valence-corrected chi connectivity index (χ2v) is 38.2. The SMILES string of the molecule is CC(C)C(=O)CC[C@H]1CC[C@@H](N)C1.CC(C)C(=O)NC[C@@H]1CC(C(C)(C)N)CN1.CC(C)C(=O)NC[C@H]1CC[C@@H](CN)C1.CC(C)C(=O)NC[C@H]1CC[C@H](CN)C1.CC(C)C(C)(C)C(=O)CC[C@H]1CC[C@@H](N)C1.CC(C)OC[C@H]1CC[C@@H](CN)C1.CC(C)OC[C@H]1CC[C@H](CN)C1.CC[C@H]1CC[C@@H](OC(C)C)C1. The zero-order chi connectivity index (χ0) is 81.9. The van der Waals surface area contributed by atoms with Crippen molar-refractivity contribution < 1.29 is 38.2 Å².